The third-order valence-corrected chi connectivity index (χ3v) is 3.81. The predicted molar refractivity (Wildman–Crippen MR) is 106 cm³/mol. The Hall–Kier alpha value is -3.39. The number of halogens is 1. The van der Waals surface area contributed by atoms with Crippen molar-refractivity contribution in [2.45, 2.75) is 12.5 Å². The van der Waals surface area contributed by atoms with Crippen molar-refractivity contribution < 1.29 is 9.59 Å². The van der Waals surface area contributed by atoms with Crippen LogP contribution in [-0.4, -0.2) is 29.8 Å². The number of carbonyl (C=O) groups excluding carboxylic acids is 2. The summed E-state index contributed by atoms with van der Waals surface area (Å²) in [5, 5.41) is 8.56. The van der Waals surface area contributed by atoms with E-state index in [1.807, 2.05) is 30.3 Å². The molecule has 27 heavy (non-hydrogen) atoms. The maximum atomic E-state index is 12.1. The first-order valence-electron chi connectivity index (χ1n) is 8.10. The average Bonchev–Trinajstić information content (AvgIpc) is 2.94. The second-order valence-electron chi connectivity index (χ2n) is 5.71. The van der Waals surface area contributed by atoms with Crippen molar-refractivity contribution in [1.82, 2.24) is 5.32 Å². The Morgan fingerprint density at radius 3 is 2.63 bits per heavy atom. The van der Waals surface area contributed by atoms with E-state index < -0.39 is 11.9 Å². The summed E-state index contributed by atoms with van der Waals surface area (Å²) in [4.78, 5) is 32.3. The zero-order valence-corrected chi connectivity index (χ0v) is 14.9. The van der Waals surface area contributed by atoms with Crippen LogP contribution in [0.15, 0.2) is 64.6 Å². The van der Waals surface area contributed by atoms with Crippen LogP contribution in [0.1, 0.15) is 6.42 Å². The van der Waals surface area contributed by atoms with Gasteiger partial charge in [-0.25, -0.2) is 4.99 Å². The molecule has 0 bridgehead atoms. The van der Waals surface area contributed by atoms with Gasteiger partial charge in [0.05, 0.1) is 6.42 Å². The molecule has 5 N–H and O–H groups in total. The molecule has 1 atom stereocenters. The zero-order valence-electron chi connectivity index (χ0n) is 14.1. The third-order valence-electron chi connectivity index (χ3n) is 3.58. The van der Waals surface area contributed by atoms with E-state index in [4.69, 9.17) is 17.3 Å². The number of benzene rings is 2. The Labute approximate surface area is 160 Å². The molecule has 2 aromatic carbocycles. The molecular formula is C18H17ClN6O2. The Morgan fingerprint density at radius 2 is 1.89 bits per heavy atom. The van der Waals surface area contributed by atoms with Gasteiger partial charge in [0.25, 0.3) is 5.91 Å². The standard InChI is InChI=1S/C18H17ClN6O2/c19-11-5-4-8-13(9-11)21-15(26)10-14-16(27)24-18(23-14)25-17(20)22-12-6-2-1-3-7-12/h1-9,14H,10H2,(H,21,26)(H4,20,22,23,24,25,27)/t14-/m0/s1. The first kappa shape index (κ1) is 18.4. The molecule has 0 aliphatic carbocycles. The zero-order chi connectivity index (χ0) is 19.2. The molecule has 0 aromatic heterocycles. The van der Waals surface area contributed by atoms with E-state index in [2.05, 4.69) is 25.9 Å². The number of nitrogens with one attached hydrogen (secondary N) is 3. The number of amides is 2. The van der Waals surface area contributed by atoms with Crippen molar-refractivity contribution in [1.29, 1.82) is 0 Å². The van der Waals surface area contributed by atoms with Gasteiger partial charge in [-0.3, -0.25) is 14.9 Å². The van der Waals surface area contributed by atoms with E-state index in [9.17, 15) is 9.59 Å². The van der Waals surface area contributed by atoms with Crippen molar-refractivity contribution in [2.75, 3.05) is 10.6 Å². The maximum absolute atomic E-state index is 12.1. The van der Waals surface area contributed by atoms with Crippen LogP contribution in [0.4, 0.5) is 11.4 Å². The molecule has 0 saturated heterocycles. The highest BCUT2D eigenvalue weighted by Crippen LogP contribution is 2.16. The minimum absolute atomic E-state index is 0.0569. The Kier molecular flexibility index (Phi) is 5.68. The SMILES string of the molecule is NC(=NC1=N[C@@H](CC(=O)Nc2cccc(Cl)c2)C(=O)N1)Nc1ccccc1. The normalized spacial score (nSPS) is 16.5. The van der Waals surface area contributed by atoms with Gasteiger partial charge < -0.3 is 16.4 Å². The smallest absolute Gasteiger partial charge is 0.252 e. The number of hydrogen-bond donors (Lipinski definition) is 4. The lowest BCUT2D eigenvalue weighted by Gasteiger charge is -2.07. The summed E-state index contributed by atoms with van der Waals surface area (Å²) in [5.41, 5.74) is 7.11. The van der Waals surface area contributed by atoms with E-state index in [1.54, 1.807) is 24.3 Å². The fraction of sp³-hybridized carbons (Fsp3) is 0.111. The lowest BCUT2D eigenvalue weighted by Crippen LogP contribution is -2.32. The highest BCUT2D eigenvalue weighted by atomic mass is 35.5. The fourth-order valence-electron chi connectivity index (χ4n) is 2.39. The van der Waals surface area contributed by atoms with Crippen LogP contribution in [-0.2, 0) is 9.59 Å². The monoisotopic (exact) mass is 384 g/mol. The minimum Gasteiger partial charge on any atom is -0.369 e. The molecule has 0 unspecified atom stereocenters. The van der Waals surface area contributed by atoms with Crippen LogP contribution < -0.4 is 21.7 Å². The number of hydrogen-bond acceptors (Lipinski definition) is 4. The predicted octanol–water partition coefficient (Wildman–Crippen LogP) is 1.95. The summed E-state index contributed by atoms with van der Waals surface area (Å²) in [7, 11) is 0. The van der Waals surface area contributed by atoms with E-state index in [1.165, 1.54) is 0 Å². The minimum atomic E-state index is -0.868. The molecule has 0 fully saturated rings. The summed E-state index contributed by atoms with van der Waals surface area (Å²) in [6.45, 7) is 0. The number of rotatable bonds is 4. The number of nitrogens with two attached hydrogens (primary N) is 1. The molecule has 8 nitrogen and oxygen atoms in total. The summed E-state index contributed by atoms with van der Waals surface area (Å²) < 4.78 is 0. The molecule has 0 spiro atoms. The summed E-state index contributed by atoms with van der Waals surface area (Å²) in [6.07, 6.45) is -0.122. The highest BCUT2D eigenvalue weighted by molar-refractivity contribution is 6.30. The van der Waals surface area contributed by atoms with Crippen LogP contribution in [0.3, 0.4) is 0 Å². The molecule has 9 heteroatoms. The molecule has 138 valence electrons. The van der Waals surface area contributed by atoms with E-state index in [-0.39, 0.29) is 24.2 Å². The fourth-order valence-corrected chi connectivity index (χ4v) is 2.58. The summed E-state index contributed by atoms with van der Waals surface area (Å²) in [6, 6.07) is 15.1. The van der Waals surface area contributed by atoms with Crippen molar-refractivity contribution in [3.05, 3.63) is 59.6 Å². The molecule has 1 aliphatic rings. The molecule has 2 aromatic rings. The molecular weight excluding hydrogens is 368 g/mol. The number of aliphatic imine (C=N–C) groups is 2. The first-order chi connectivity index (χ1) is 13.0. The Morgan fingerprint density at radius 1 is 1.15 bits per heavy atom. The first-order valence-corrected chi connectivity index (χ1v) is 8.48. The topological polar surface area (TPSA) is 121 Å². The maximum Gasteiger partial charge on any atom is 0.252 e. The van der Waals surface area contributed by atoms with Gasteiger partial charge >= 0.3 is 0 Å². The van der Waals surface area contributed by atoms with Crippen LogP contribution >= 0.6 is 11.6 Å². The van der Waals surface area contributed by atoms with Gasteiger partial charge in [-0.15, -0.1) is 0 Å². The highest BCUT2D eigenvalue weighted by Gasteiger charge is 2.28. The molecule has 1 aliphatic heterocycles. The molecule has 3 rings (SSSR count). The molecule has 0 saturated carbocycles. The number of guanidine groups is 2. The van der Waals surface area contributed by atoms with Gasteiger partial charge in [0.15, 0.2) is 0 Å². The van der Waals surface area contributed by atoms with Crippen molar-refractivity contribution in [3.8, 4) is 0 Å². The van der Waals surface area contributed by atoms with Gasteiger partial charge in [0, 0.05) is 16.4 Å². The van der Waals surface area contributed by atoms with Gasteiger partial charge in [-0.1, -0.05) is 35.9 Å². The van der Waals surface area contributed by atoms with E-state index in [0.717, 1.165) is 5.69 Å². The van der Waals surface area contributed by atoms with Crippen molar-refractivity contribution in [2.24, 2.45) is 15.7 Å². The van der Waals surface area contributed by atoms with Crippen molar-refractivity contribution in [3.63, 3.8) is 0 Å². The number of anilines is 2. The molecule has 2 amide bonds. The van der Waals surface area contributed by atoms with Gasteiger partial charge in [0.2, 0.25) is 17.8 Å². The summed E-state index contributed by atoms with van der Waals surface area (Å²) in [5.74, 6) is -0.643. The van der Waals surface area contributed by atoms with Crippen molar-refractivity contribution >= 4 is 46.7 Å². The number of carbonyl (C=O) groups is 2. The second kappa shape index (κ2) is 8.33. The van der Waals surface area contributed by atoms with E-state index >= 15 is 0 Å². The number of nitrogens with zero attached hydrogens (tertiary/aromatic N) is 2. The van der Waals surface area contributed by atoms with Gasteiger partial charge in [-0.05, 0) is 30.3 Å². The lowest BCUT2D eigenvalue weighted by molar-refractivity contribution is -0.123. The quantitative estimate of drug-likeness (QED) is 0.475. The number of para-hydroxylation sites is 1. The average molecular weight is 385 g/mol. The largest absolute Gasteiger partial charge is 0.369 e. The van der Waals surface area contributed by atoms with Gasteiger partial charge in [-0.2, -0.15) is 4.99 Å². The van der Waals surface area contributed by atoms with E-state index in [0.29, 0.717) is 10.7 Å². The third kappa shape index (κ3) is 5.29. The van der Waals surface area contributed by atoms with Crippen LogP contribution in [0.2, 0.25) is 5.02 Å². The van der Waals surface area contributed by atoms with Crippen LogP contribution in [0.25, 0.3) is 0 Å². The van der Waals surface area contributed by atoms with Gasteiger partial charge in [0.1, 0.15) is 6.04 Å². The Bertz CT molecular complexity index is 913. The Balaban J connectivity index is 1.60. The summed E-state index contributed by atoms with van der Waals surface area (Å²) >= 11 is 5.88. The van der Waals surface area contributed by atoms with Crippen LogP contribution in [0.5, 0.6) is 0 Å². The molecule has 0 radical (unpaired) electrons. The van der Waals surface area contributed by atoms with Crippen LogP contribution in [0, 0.1) is 0 Å². The lowest BCUT2D eigenvalue weighted by atomic mass is 10.2. The second-order valence-corrected chi connectivity index (χ2v) is 6.14. The molecule has 1 heterocycles.